The van der Waals surface area contributed by atoms with Crippen LogP contribution in [0, 0.1) is 5.92 Å². The van der Waals surface area contributed by atoms with E-state index in [0.717, 1.165) is 25.0 Å². The predicted octanol–water partition coefficient (Wildman–Crippen LogP) is 1.78. The van der Waals surface area contributed by atoms with Crippen LogP contribution in [0.1, 0.15) is 44.3 Å². The Hall–Kier alpha value is -0.870. The van der Waals surface area contributed by atoms with E-state index in [9.17, 15) is 0 Å². The lowest BCUT2D eigenvalue weighted by Gasteiger charge is -2.38. The molecule has 1 aliphatic carbocycles. The first-order valence-electron chi connectivity index (χ1n) is 7.22. The van der Waals surface area contributed by atoms with Gasteiger partial charge >= 0.3 is 0 Å². The van der Waals surface area contributed by atoms with Crippen molar-refractivity contribution >= 4 is 0 Å². The van der Waals surface area contributed by atoms with Crippen molar-refractivity contribution in [3.05, 3.63) is 18.2 Å². The normalized spacial score (nSPS) is 29.7. The van der Waals surface area contributed by atoms with Gasteiger partial charge in [-0.15, -0.1) is 0 Å². The molecule has 0 amide bonds. The Morgan fingerprint density at radius 2 is 2.22 bits per heavy atom. The minimum atomic E-state index is 0.552. The van der Waals surface area contributed by atoms with Crippen LogP contribution >= 0.6 is 0 Å². The van der Waals surface area contributed by atoms with E-state index in [1.807, 2.05) is 12.5 Å². The summed E-state index contributed by atoms with van der Waals surface area (Å²) in [4.78, 5) is 6.87. The lowest BCUT2D eigenvalue weighted by molar-refractivity contribution is 0.112. The summed E-state index contributed by atoms with van der Waals surface area (Å²) < 4.78 is 2.37. The number of likely N-dealkylation sites (tertiary alicyclic amines) is 1. The Labute approximate surface area is 109 Å². The topological polar surface area (TPSA) is 47.1 Å². The first-order chi connectivity index (χ1) is 8.78. The molecule has 100 valence electrons. The summed E-state index contributed by atoms with van der Waals surface area (Å²) in [7, 11) is 0. The number of piperidine rings is 1. The third-order valence-corrected chi connectivity index (χ3v) is 4.42. The van der Waals surface area contributed by atoms with E-state index in [1.54, 1.807) is 0 Å². The molecule has 2 heterocycles. The maximum atomic E-state index is 5.93. The molecule has 1 saturated carbocycles. The van der Waals surface area contributed by atoms with Gasteiger partial charge in [0.25, 0.3) is 0 Å². The van der Waals surface area contributed by atoms with E-state index in [-0.39, 0.29) is 0 Å². The van der Waals surface area contributed by atoms with Crippen LogP contribution in [0.2, 0.25) is 0 Å². The van der Waals surface area contributed by atoms with Gasteiger partial charge in [0.15, 0.2) is 0 Å². The fourth-order valence-electron chi connectivity index (χ4n) is 3.10. The Balaban J connectivity index is 1.68. The van der Waals surface area contributed by atoms with Crippen molar-refractivity contribution in [3.8, 4) is 0 Å². The Bertz CT molecular complexity index is 396. The predicted molar refractivity (Wildman–Crippen MR) is 72.1 cm³/mol. The zero-order chi connectivity index (χ0) is 12.5. The molecule has 1 aliphatic heterocycles. The van der Waals surface area contributed by atoms with Gasteiger partial charge < -0.3 is 10.3 Å². The van der Waals surface area contributed by atoms with Crippen molar-refractivity contribution < 1.29 is 0 Å². The van der Waals surface area contributed by atoms with Gasteiger partial charge in [-0.05, 0) is 38.1 Å². The Morgan fingerprint density at radius 3 is 2.94 bits per heavy atom. The van der Waals surface area contributed by atoms with Crippen LogP contribution in [-0.2, 0) is 6.54 Å². The summed E-state index contributed by atoms with van der Waals surface area (Å²) in [6.45, 7) is 5.32. The largest absolute Gasteiger partial charge is 0.330 e. The molecule has 0 bridgehead atoms. The monoisotopic (exact) mass is 248 g/mol. The van der Waals surface area contributed by atoms with Gasteiger partial charge in [0.2, 0.25) is 0 Å². The maximum absolute atomic E-state index is 5.93. The molecule has 2 fully saturated rings. The molecule has 2 atom stereocenters. The quantitative estimate of drug-likeness (QED) is 0.883. The number of hydrogen-bond acceptors (Lipinski definition) is 3. The average molecular weight is 248 g/mol. The lowest BCUT2D eigenvalue weighted by Crippen LogP contribution is -2.45. The van der Waals surface area contributed by atoms with Crippen LogP contribution in [0.5, 0.6) is 0 Å². The van der Waals surface area contributed by atoms with Gasteiger partial charge in [0.1, 0.15) is 0 Å². The standard InChI is InChI=1S/C14H24N4/c1-11-4-5-17(13(6-11)7-15)9-14-8-16-10-18(14)12-2-3-12/h8,10-13H,2-7,9,15H2,1H3. The van der Waals surface area contributed by atoms with Crippen molar-refractivity contribution in [2.24, 2.45) is 11.7 Å². The molecule has 2 N–H and O–H groups in total. The van der Waals surface area contributed by atoms with Crippen LogP contribution in [0.4, 0.5) is 0 Å². The zero-order valence-electron chi connectivity index (χ0n) is 11.3. The van der Waals surface area contributed by atoms with Crippen molar-refractivity contribution in [1.82, 2.24) is 14.5 Å². The minimum absolute atomic E-state index is 0.552. The number of rotatable bonds is 4. The molecule has 0 spiro atoms. The molecule has 4 nitrogen and oxygen atoms in total. The van der Waals surface area contributed by atoms with Crippen molar-refractivity contribution in [3.63, 3.8) is 0 Å². The van der Waals surface area contributed by atoms with E-state index in [1.165, 1.54) is 37.9 Å². The number of imidazole rings is 1. The molecule has 3 rings (SSSR count). The highest BCUT2D eigenvalue weighted by atomic mass is 15.2. The highest BCUT2D eigenvalue weighted by molar-refractivity contribution is 5.04. The van der Waals surface area contributed by atoms with Crippen LogP contribution in [-0.4, -0.2) is 33.6 Å². The summed E-state index contributed by atoms with van der Waals surface area (Å²) in [6, 6.07) is 1.28. The SMILES string of the molecule is CC1CCN(Cc2cncn2C2CC2)C(CN)C1. The van der Waals surface area contributed by atoms with Crippen molar-refractivity contribution in [2.45, 2.75) is 51.2 Å². The minimum Gasteiger partial charge on any atom is -0.330 e. The van der Waals surface area contributed by atoms with Crippen LogP contribution in [0.25, 0.3) is 0 Å². The average Bonchev–Trinajstić information content (AvgIpc) is 3.12. The Kier molecular flexibility index (Phi) is 3.39. The molecule has 0 aromatic carbocycles. The van der Waals surface area contributed by atoms with E-state index < -0.39 is 0 Å². The summed E-state index contributed by atoms with van der Waals surface area (Å²) in [6.07, 6.45) is 9.21. The van der Waals surface area contributed by atoms with Gasteiger partial charge in [-0.1, -0.05) is 6.92 Å². The van der Waals surface area contributed by atoms with E-state index in [0.29, 0.717) is 6.04 Å². The lowest BCUT2D eigenvalue weighted by atomic mass is 9.92. The summed E-state index contributed by atoms with van der Waals surface area (Å²) in [5, 5.41) is 0. The number of nitrogens with zero attached hydrogens (tertiary/aromatic N) is 3. The molecule has 4 heteroatoms. The molecule has 0 radical (unpaired) electrons. The van der Waals surface area contributed by atoms with Crippen molar-refractivity contribution in [2.75, 3.05) is 13.1 Å². The van der Waals surface area contributed by atoms with Gasteiger partial charge in [-0.3, -0.25) is 4.90 Å². The number of hydrogen-bond donors (Lipinski definition) is 1. The summed E-state index contributed by atoms with van der Waals surface area (Å²) in [5.74, 6) is 0.822. The molecule has 1 aromatic rings. The third kappa shape index (κ3) is 2.45. The highest BCUT2D eigenvalue weighted by Crippen LogP contribution is 2.36. The molecule has 18 heavy (non-hydrogen) atoms. The van der Waals surface area contributed by atoms with E-state index in [4.69, 9.17) is 5.73 Å². The number of nitrogens with two attached hydrogens (primary N) is 1. The van der Waals surface area contributed by atoms with Gasteiger partial charge in [-0.25, -0.2) is 4.98 Å². The molecular weight excluding hydrogens is 224 g/mol. The maximum Gasteiger partial charge on any atom is 0.0951 e. The van der Waals surface area contributed by atoms with Gasteiger partial charge in [0.05, 0.1) is 12.0 Å². The zero-order valence-corrected chi connectivity index (χ0v) is 11.3. The van der Waals surface area contributed by atoms with Crippen LogP contribution in [0.15, 0.2) is 12.5 Å². The molecule has 1 aromatic heterocycles. The fourth-order valence-corrected chi connectivity index (χ4v) is 3.10. The first kappa shape index (κ1) is 12.2. The van der Waals surface area contributed by atoms with Crippen molar-refractivity contribution in [1.29, 1.82) is 0 Å². The fraction of sp³-hybridized carbons (Fsp3) is 0.786. The van der Waals surface area contributed by atoms with E-state index >= 15 is 0 Å². The van der Waals surface area contributed by atoms with Crippen LogP contribution in [0.3, 0.4) is 0 Å². The molecular formula is C14H24N4. The van der Waals surface area contributed by atoms with Gasteiger partial charge in [0, 0.05) is 31.4 Å². The first-order valence-corrected chi connectivity index (χ1v) is 7.22. The third-order valence-electron chi connectivity index (χ3n) is 4.42. The van der Waals surface area contributed by atoms with E-state index in [2.05, 4.69) is 21.4 Å². The molecule has 2 aliphatic rings. The van der Waals surface area contributed by atoms with Crippen LogP contribution < -0.4 is 5.73 Å². The second-order valence-corrected chi connectivity index (χ2v) is 6.01. The summed E-state index contributed by atoms with van der Waals surface area (Å²) in [5.41, 5.74) is 7.30. The summed E-state index contributed by atoms with van der Waals surface area (Å²) >= 11 is 0. The smallest absolute Gasteiger partial charge is 0.0951 e. The highest BCUT2D eigenvalue weighted by Gasteiger charge is 2.29. The Morgan fingerprint density at radius 1 is 1.39 bits per heavy atom. The second kappa shape index (κ2) is 5.02. The molecule has 1 saturated heterocycles. The second-order valence-electron chi connectivity index (χ2n) is 6.01. The molecule has 2 unspecified atom stereocenters. The van der Waals surface area contributed by atoms with Gasteiger partial charge in [-0.2, -0.15) is 0 Å². The number of aromatic nitrogens is 2.